The van der Waals surface area contributed by atoms with Gasteiger partial charge < -0.3 is 5.32 Å². The molecule has 0 spiro atoms. The van der Waals surface area contributed by atoms with E-state index in [1.54, 1.807) is 4.90 Å². The summed E-state index contributed by atoms with van der Waals surface area (Å²) < 4.78 is 12.0. The fourth-order valence-corrected chi connectivity index (χ4v) is 3.57. The third-order valence-electron chi connectivity index (χ3n) is 3.43. The summed E-state index contributed by atoms with van der Waals surface area (Å²) in [5.74, 6) is 0.482. The third-order valence-corrected chi connectivity index (χ3v) is 4.82. The van der Waals surface area contributed by atoms with Gasteiger partial charge in [-0.25, -0.2) is 4.79 Å². The lowest BCUT2D eigenvalue weighted by Gasteiger charge is -2.28. The van der Waals surface area contributed by atoms with E-state index >= 15 is 0 Å². The van der Waals surface area contributed by atoms with E-state index in [9.17, 15) is 9.00 Å². The van der Waals surface area contributed by atoms with Gasteiger partial charge in [0, 0.05) is 18.8 Å². The highest BCUT2D eigenvalue weighted by Gasteiger charge is 2.25. The van der Waals surface area contributed by atoms with Crippen LogP contribution in [0.3, 0.4) is 0 Å². The van der Waals surface area contributed by atoms with Crippen LogP contribution in [0.2, 0.25) is 0 Å². The van der Waals surface area contributed by atoms with E-state index in [1.165, 1.54) is 0 Å². The monoisotopic (exact) mass is 300 g/mol. The smallest absolute Gasteiger partial charge is 0.322 e. The van der Waals surface area contributed by atoms with Gasteiger partial charge in [0.1, 0.15) is 0 Å². The van der Waals surface area contributed by atoms with Crippen molar-refractivity contribution in [1.29, 1.82) is 0 Å². The van der Waals surface area contributed by atoms with Crippen LogP contribution >= 0.6 is 0 Å². The fraction of sp³-hybridized carbons (Fsp3) is 0.188. The van der Waals surface area contributed by atoms with E-state index in [2.05, 4.69) is 5.32 Å². The van der Waals surface area contributed by atoms with E-state index in [0.717, 1.165) is 16.1 Å². The van der Waals surface area contributed by atoms with E-state index in [-0.39, 0.29) is 6.03 Å². The van der Waals surface area contributed by atoms with Crippen LogP contribution in [-0.4, -0.2) is 22.5 Å². The van der Waals surface area contributed by atoms with E-state index in [4.69, 9.17) is 0 Å². The van der Waals surface area contributed by atoms with Crippen LogP contribution < -0.4 is 10.2 Å². The van der Waals surface area contributed by atoms with Gasteiger partial charge in [0.15, 0.2) is 0 Å². The molecule has 3 rings (SSSR count). The van der Waals surface area contributed by atoms with Crippen LogP contribution in [0.4, 0.5) is 10.5 Å². The lowest BCUT2D eigenvalue weighted by molar-refractivity contribution is 0.246. The van der Waals surface area contributed by atoms with Crippen molar-refractivity contribution in [1.82, 2.24) is 5.32 Å². The molecule has 2 aromatic rings. The zero-order chi connectivity index (χ0) is 14.7. The minimum atomic E-state index is -1.01. The Hall–Kier alpha value is -2.14. The summed E-state index contributed by atoms with van der Waals surface area (Å²) in [5, 5.41) is 2.91. The summed E-state index contributed by atoms with van der Waals surface area (Å²) in [6.07, 6.45) is 0. The van der Waals surface area contributed by atoms with Crippen LogP contribution in [0.5, 0.6) is 0 Å². The molecule has 0 aromatic heterocycles. The third kappa shape index (κ3) is 2.97. The first-order valence-corrected chi connectivity index (χ1v) is 8.14. The zero-order valence-corrected chi connectivity index (χ0v) is 12.3. The number of anilines is 1. The maximum absolute atomic E-state index is 12.4. The number of hydrogen-bond acceptors (Lipinski definition) is 2. The zero-order valence-electron chi connectivity index (χ0n) is 11.5. The average molecular weight is 300 g/mol. The summed E-state index contributed by atoms with van der Waals surface area (Å²) in [6, 6.07) is 17.0. The predicted octanol–water partition coefficient (Wildman–Crippen LogP) is 2.52. The van der Waals surface area contributed by atoms with Crippen molar-refractivity contribution < 1.29 is 9.00 Å². The Kier molecular flexibility index (Phi) is 4.01. The second-order valence-corrected chi connectivity index (χ2v) is 6.35. The molecule has 0 saturated carbocycles. The standard InChI is InChI=1S/C16H16N2O2S/c19-16(17-12-13-6-2-1-3-7-13)18-10-11-21(20)15-9-5-4-8-14(15)18/h1-9H,10-12H2,(H,17,19). The number of urea groups is 1. The molecule has 108 valence electrons. The van der Waals surface area contributed by atoms with Gasteiger partial charge in [-0.05, 0) is 17.7 Å². The molecule has 1 atom stereocenters. The lowest BCUT2D eigenvalue weighted by atomic mass is 10.2. The highest BCUT2D eigenvalue weighted by molar-refractivity contribution is 7.85. The van der Waals surface area contributed by atoms with Crippen molar-refractivity contribution in [2.24, 2.45) is 0 Å². The van der Waals surface area contributed by atoms with Crippen LogP contribution in [0.25, 0.3) is 0 Å². The maximum Gasteiger partial charge on any atom is 0.322 e. The lowest BCUT2D eigenvalue weighted by Crippen LogP contribution is -2.44. The number of fused-ring (bicyclic) bond motifs is 1. The van der Waals surface area contributed by atoms with Crippen LogP contribution in [0.15, 0.2) is 59.5 Å². The van der Waals surface area contributed by atoms with Gasteiger partial charge in [-0.3, -0.25) is 9.11 Å². The molecular formula is C16H16N2O2S. The molecule has 4 nitrogen and oxygen atoms in total. The van der Waals surface area contributed by atoms with Crippen molar-refractivity contribution in [3.63, 3.8) is 0 Å². The van der Waals surface area contributed by atoms with Gasteiger partial charge in [-0.15, -0.1) is 0 Å². The van der Waals surface area contributed by atoms with E-state index in [1.807, 2.05) is 54.6 Å². The molecule has 0 saturated heterocycles. The van der Waals surface area contributed by atoms with Gasteiger partial charge in [0.25, 0.3) is 0 Å². The summed E-state index contributed by atoms with van der Waals surface area (Å²) in [6.45, 7) is 0.964. The second-order valence-electron chi connectivity index (χ2n) is 4.81. The Balaban J connectivity index is 1.74. The topological polar surface area (TPSA) is 49.4 Å². The first kappa shape index (κ1) is 13.8. The first-order valence-electron chi connectivity index (χ1n) is 6.82. The Bertz CT molecular complexity index is 673. The minimum absolute atomic E-state index is 0.150. The number of nitrogens with zero attached hydrogens (tertiary/aromatic N) is 1. The molecule has 1 heterocycles. The van der Waals surface area contributed by atoms with Crippen molar-refractivity contribution in [3.8, 4) is 0 Å². The first-order chi connectivity index (χ1) is 10.3. The molecule has 2 aromatic carbocycles. The molecule has 0 fully saturated rings. The Morgan fingerprint density at radius 2 is 1.81 bits per heavy atom. The summed E-state index contributed by atoms with van der Waals surface area (Å²) >= 11 is 0. The van der Waals surface area contributed by atoms with Gasteiger partial charge in [0.2, 0.25) is 0 Å². The number of rotatable bonds is 2. The fourth-order valence-electron chi connectivity index (χ4n) is 2.36. The number of hydrogen-bond donors (Lipinski definition) is 1. The van der Waals surface area contributed by atoms with Crippen molar-refractivity contribution in [2.75, 3.05) is 17.2 Å². The predicted molar refractivity (Wildman–Crippen MR) is 83.7 cm³/mol. The minimum Gasteiger partial charge on any atom is -0.334 e. The molecule has 2 amide bonds. The number of nitrogens with one attached hydrogen (secondary N) is 1. The Morgan fingerprint density at radius 3 is 2.62 bits per heavy atom. The molecule has 0 bridgehead atoms. The summed E-state index contributed by atoms with van der Waals surface area (Å²) in [7, 11) is -1.01. The molecule has 21 heavy (non-hydrogen) atoms. The highest BCUT2D eigenvalue weighted by atomic mass is 32.2. The highest BCUT2D eigenvalue weighted by Crippen LogP contribution is 2.27. The molecule has 1 aliphatic rings. The molecule has 5 heteroatoms. The van der Waals surface area contributed by atoms with Crippen molar-refractivity contribution in [3.05, 3.63) is 60.2 Å². The van der Waals surface area contributed by atoms with Gasteiger partial charge in [-0.2, -0.15) is 0 Å². The molecule has 0 aliphatic carbocycles. The van der Waals surface area contributed by atoms with Gasteiger partial charge >= 0.3 is 6.03 Å². The van der Waals surface area contributed by atoms with E-state index in [0.29, 0.717) is 18.8 Å². The van der Waals surface area contributed by atoms with E-state index < -0.39 is 10.8 Å². The quantitative estimate of drug-likeness (QED) is 0.926. The summed E-state index contributed by atoms with van der Waals surface area (Å²) in [4.78, 5) is 14.8. The van der Waals surface area contributed by atoms with Crippen LogP contribution in [-0.2, 0) is 17.3 Å². The van der Waals surface area contributed by atoms with Crippen LogP contribution in [0, 0.1) is 0 Å². The van der Waals surface area contributed by atoms with Gasteiger partial charge in [0.05, 0.1) is 21.4 Å². The number of carbonyl (C=O) groups excluding carboxylic acids is 1. The van der Waals surface area contributed by atoms with Gasteiger partial charge in [-0.1, -0.05) is 42.5 Å². The molecule has 1 N–H and O–H groups in total. The molecular weight excluding hydrogens is 284 g/mol. The molecule has 1 aliphatic heterocycles. The number of benzene rings is 2. The number of carbonyl (C=O) groups is 1. The Labute approximate surface area is 126 Å². The average Bonchev–Trinajstić information content (AvgIpc) is 2.54. The normalized spacial score (nSPS) is 17.1. The molecule has 0 radical (unpaired) electrons. The second kappa shape index (κ2) is 6.10. The molecule has 1 unspecified atom stereocenters. The Morgan fingerprint density at radius 1 is 1.10 bits per heavy atom. The maximum atomic E-state index is 12.4. The van der Waals surface area contributed by atoms with Crippen LogP contribution in [0.1, 0.15) is 5.56 Å². The SMILES string of the molecule is O=C(NCc1ccccc1)N1CCS(=O)c2ccccc21. The van der Waals surface area contributed by atoms with Crippen molar-refractivity contribution in [2.45, 2.75) is 11.4 Å². The summed E-state index contributed by atoms with van der Waals surface area (Å²) in [5.41, 5.74) is 1.80. The number of amides is 2. The number of para-hydroxylation sites is 1. The van der Waals surface area contributed by atoms with Crippen molar-refractivity contribution >= 4 is 22.5 Å². The largest absolute Gasteiger partial charge is 0.334 e.